The van der Waals surface area contributed by atoms with Crippen LogP contribution in [0.4, 0.5) is 0 Å². The first-order valence-corrected chi connectivity index (χ1v) is 12.2. The van der Waals surface area contributed by atoms with Crippen molar-refractivity contribution < 1.29 is 13.2 Å². The standard InChI is InChI=1S/C23H27N5O3S/c1-17-21(18(2)28(26-17)22-7-3-4-13-24-22)12-14-25-23(29)19-8-10-20(11-9-19)32(30,31)27-15-5-6-16-27/h3-4,7-11,13H,5-6,12,14-16H2,1-2H3,(H,25,29). The van der Waals surface area contributed by atoms with Gasteiger partial charge in [-0.3, -0.25) is 4.79 Å². The van der Waals surface area contributed by atoms with Crippen LogP contribution >= 0.6 is 0 Å². The van der Waals surface area contributed by atoms with Gasteiger partial charge in [0, 0.05) is 37.1 Å². The average Bonchev–Trinajstić information content (AvgIpc) is 3.44. The first-order valence-electron chi connectivity index (χ1n) is 10.7. The van der Waals surface area contributed by atoms with Gasteiger partial charge in [0.25, 0.3) is 5.91 Å². The number of benzene rings is 1. The summed E-state index contributed by atoms with van der Waals surface area (Å²) in [6.07, 6.45) is 4.14. The number of pyridine rings is 1. The molecular formula is C23H27N5O3S. The minimum Gasteiger partial charge on any atom is -0.352 e. The Labute approximate surface area is 188 Å². The normalized spacial score (nSPS) is 14.6. The molecule has 0 radical (unpaired) electrons. The lowest BCUT2D eigenvalue weighted by atomic mass is 10.1. The molecular weight excluding hydrogens is 426 g/mol. The molecule has 0 unspecified atom stereocenters. The van der Waals surface area contributed by atoms with Gasteiger partial charge in [-0.2, -0.15) is 9.40 Å². The number of nitrogens with zero attached hydrogens (tertiary/aromatic N) is 4. The largest absolute Gasteiger partial charge is 0.352 e. The van der Waals surface area contributed by atoms with Gasteiger partial charge in [-0.25, -0.2) is 18.1 Å². The number of carbonyl (C=O) groups excluding carboxylic acids is 1. The number of carbonyl (C=O) groups is 1. The lowest BCUT2D eigenvalue weighted by Gasteiger charge is -2.15. The van der Waals surface area contributed by atoms with E-state index in [9.17, 15) is 13.2 Å². The first kappa shape index (κ1) is 22.2. The van der Waals surface area contributed by atoms with Gasteiger partial charge in [0.15, 0.2) is 5.82 Å². The molecule has 8 nitrogen and oxygen atoms in total. The molecule has 1 amide bonds. The van der Waals surface area contributed by atoms with E-state index in [1.807, 2.05) is 36.7 Å². The number of aromatic nitrogens is 3. The summed E-state index contributed by atoms with van der Waals surface area (Å²) in [5.74, 6) is 0.523. The highest BCUT2D eigenvalue weighted by Crippen LogP contribution is 2.21. The third-order valence-electron chi connectivity index (χ3n) is 5.79. The molecule has 1 aliphatic heterocycles. The average molecular weight is 454 g/mol. The fourth-order valence-corrected chi connectivity index (χ4v) is 5.51. The van der Waals surface area contributed by atoms with Crippen LogP contribution in [0.3, 0.4) is 0 Å². The number of aryl methyl sites for hydroxylation is 1. The van der Waals surface area contributed by atoms with Crippen LogP contribution in [0.5, 0.6) is 0 Å². The zero-order valence-electron chi connectivity index (χ0n) is 18.3. The van der Waals surface area contributed by atoms with Crippen molar-refractivity contribution in [3.63, 3.8) is 0 Å². The second-order valence-electron chi connectivity index (χ2n) is 7.89. The van der Waals surface area contributed by atoms with Gasteiger partial charge in [-0.1, -0.05) is 6.07 Å². The van der Waals surface area contributed by atoms with E-state index in [1.54, 1.807) is 18.3 Å². The highest BCUT2D eigenvalue weighted by molar-refractivity contribution is 7.89. The Bertz CT molecular complexity index is 1200. The minimum absolute atomic E-state index is 0.226. The van der Waals surface area contributed by atoms with Crippen LogP contribution in [0, 0.1) is 13.8 Å². The highest BCUT2D eigenvalue weighted by Gasteiger charge is 2.27. The van der Waals surface area contributed by atoms with Crippen LogP contribution < -0.4 is 5.32 Å². The van der Waals surface area contributed by atoms with Gasteiger partial charge in [0.2, 0.25) is 10.0 Å². The molecule has 1 fully saturated rings. The second-order valence-corrected chi connectivity index (χ2v) is 9.83. The molecule has 0 saturated carbocycles. The van der Waals surface area contributed by atoms with Gasteiger partial charge in [0.1, 0.15) is 0 Å². The highest BCUT2D eigenvalue weighted by atomic mass is 32.2. The summed E-state index contributed by atoms with van der Waals surface area (Å²) in [6, 6.07) is 11.8. The Balaban J connectivity index is 1.38. The monoisotopic (exact) mass is 453 g/mol. The quantitative estimate of drug-likeness (QED) is 0.593. The molecule has 168 valence electrons. The predicted octanol–water partition coefficient (Wildman–Crippen LogP) is 2.64. The van der Waals surface area contributed by atoms with Crippen LogP contribution in [0.15, 0.2) is 53.6 Å². The summed E-state index contributed by atoms with van der Waals surface area (Å²) < 4.78 is 28.6. The molecule has 0 aliphatic carbocycles. The number of nitrogens with one attached hydrogen (secondary N) is 1. The molecule has 0 atom stereocenters. The van der Waals surface area contributed by atoms with E-state index in [-0.39, 0.29) is 10.8 Å². The van der Waals surface area contributed by atoms with E-state index in [0.717, 1.165) is 35.6 Å². The smallest absolute Gasteiger partial charge is 0.251 e. The van der Waals surface area contributed by atoms with E-state index < -0.39 is 10.0 Å². The zero-order valence-corrected chi connectivity index (χ0v) is 19.1. The molecule has 0 spiro atoms. The molecule has 4 rings (SSSR count). The third kappa shape index (κ3) is 4.44. The molecule has 9 heteroatoms. The van der Waals surface area contributed by atoms with Crippen LogP contribution in [0.1, 0.15) is 40.2 Å². The summed E-state index contributed by atoms with van der Waals surface area (Å²) in [5, 5.41) is 7.50. The molecule has 1 saturated heterocycles. The summed E-state index contributed by atoms with van der Waals surface area (Å²) >= 11 is 0. The second kappa shape index (κ2) is 9.22. The molecule has 1 N–H and O–H groups in total. The molecule has 2 aromatic heterocycles. The van der Waals surface area contributed by atoms with Gasteiger partial charge >= 0.3 is 0 Å². The van der Waals surface area contributed by atoms with Gasteiger partial charge in [-0.15, -0.1) is 0 Å². The van der Waals surface area contributed by atoms with Crippen molar-refractivity contribution in [2.75, 3.05) is 19.6 Å². The minimum atomic E-state index is -3.48. The van der Waals surface area contributed by atoms with Crippen molar-refractivity contribution in [1.29, 1.82) is 0 Å². The summed E-state index contributed by atoms with van der Waals surface area (Å²) in [6.45, 7) is 5.50. The Hall–Kier alpha value is -3.04. The maximum Gasteiger partial charge on any atom is 0.251 e. The number of hydrogen-bond donors (Lipinski definition) is 1. The Morgan fingerprint density at radius 3 is 2.44 bits per heavy atom. The van der Waals surface area contributed by atoms with Crippen molar-refractivity contribution in [3.05, 3.63) is 71.2 Å². The van der Waals surface area contributed by atoms with E-state index in [2.05, 4.69) is 15.4 Å². The van der Waals surface area contributed by atoms with Crippen LogP contribution in [-0.4, -0.2) is 53.0 Å². The number of amides is 1. The van der Waals surface area contributed by atoms with Crippen LogP contribution in [0.25, 0.3) is 5.82 Å². The van der Waals surface area contributed by atoms with E-state index >= 15 is 0 Å². The van der Waals surface area contributed by atoms with Crippen molar-refractivity contribution in [2.45, 2.75) is 38.0 Å². The fourth-order valence-electron chi connectivity index (χ4n) is 4.00. The maximum absolute atomic E-state index is 12.6. The van der Waals surface area contributed by atoms with E-state index in [1.165, 1.54) is 16.4 Å². The van der Waals surface area contributed by atoms with Crippen molar-refractivity contribution in [3.8, 4) is 5.82 Å². The van der Waals surface area contributed by atoms with Gasteiger partial charge in [-0.05, 0) is 75.1 Å². The summed E-state index contributed by atoms with van der Waals surface area (Å²) in [7, 11) is -3.48. The van der Waals surface area contributed by atoms with Crippen molar-refractivity contribution in [2.24, 2.45) is 0 Å². The fraction of sp³-hybridized carbons (Fsp3) is 0.348. The van der Waals surface area contributed by atoms with Crippen LogP contribution in [0.2, 0.25) is 0 Å². The topological polar surface area (TPSA) is 97.2 Å². The summed E-state index contributed by atoms with van der Waals surface area (Å²) in [5.41, 5.74) is 3.40. The molecule has 3 aromatic rings. The number of rotatable bonds is 7. The van der Waals surface area contributed by atoms with Crippen LogP contribution in [-0.2, 0) is 16.4 Å². The molecule has 1 aromatic carbocycles. The Morgan fingerprint density at radius 1 is 1.06 bits per heavy atom. The predicted molar refractivity (Wildman–Crippen MR) is 121 cm³/mol. The number of hydrogen-bond acceptors (Lipinski definition) is 5. The Kier molecular flexibility index (Phi) is 6.38. The number of sulfonamides is 1. The van der Waals surface area contributed by atoms with E-state index in [0.29, 0.717) is 31.6 Å². The van der Waals surface area contributed by atoms with Gasteiger partial charge in [0.05, 0.1) is 10.6 Å². The maximum atomic E-state index is 12.6. The first-order chi connectivity index (χ1) is 15.4. The lowest BCUT2D eigenvalue weighted by molar-refractivity contribution is 0.0954. The lowest BCUT2D eigenvalue weighted by Crippen LogP contribution is -2.28. The van der Waals surface area contributed by atoms with Gasteiger partial charge < -0.3 is 5.32 Å². The molecule has 0 bridgehead atoms. The van der Waals surface area contributed by atoms with E-state index in [4.69, 9.17) is 0 Å². The van der Waals surface area contributed by atoms with Crippen molar-refractivity contribution >= 4 is 15.9 Å². The Morgan fingerprint density at radius 2 is 1.78 bits per heavy atom. The zero-order chi connectivity index (χ0) is 22.7. The summed E-state index contributed by atoms with van der Waals surface area (Å²) in [4.78, 5) is 17.1. The molecule has 32 heavy (non-hydrogen) atoms. The molecule has 1 aliphatic rings. The molecule has 3 heterocycles. The SMILES string of the molecule is Cc1nn(-c2ccccn2)c(C)c1CCNC(=O)c1ccc(S(=O)(=O)N2CCCC2)cc1. The third-order valence-corrected chi connectivity index (χ3v) is 7.70. The van der Waals surface area contributed by atoms with Crippen molar-refractivity contribution in [1.82, 2.24) is 24.4 Å².